The van der Waals surface area contributed by atoms with Gasteiger partial charge in [-0.1, -0.05) is 18.2 Å². The fourth-order valence-electron chi connectivity index (χ4n) is 3.47. The molecule has 0 saturated carbocycles. The van der Waals surface area contributed by atoms with Gasteiger partial charge in [0.15, 0.2) is 0 Å². The number of aryl methyl sites for hydroxylation is 1. The first-order valence-electron chi connectivity index (χ1n) is 9.52. The summed E-state index contributed by atoms with van der Waals surface area (Å²) >= 11 is 0. The second kappa shape index (κ2) is 7.34. The van der Waals surface area contributed by atoms with Gasteiger partial charge in [0.25, 0.3) is 0 Å². The van der Waals surface area contributed by atoms with Crippen molar-refractivity contribution in [1.29, 1.82) is 0 Å². The van der Waals surface area contributed by atoms with Crippen LogP contribution in [0.2, 0.25) is 0 Å². The Hall–Kier alpha value is -3.35. The molecule has 7 nitrogen and oxygen atoms in total. The van der Waals surface area contributed by atoms with Crippen molar-refractivity contribution in [1.82, 2.24) is 19.5 Å². The molecule has 0 spiro atoms. The van der Waals surface area contributed by atoms with Crippen LogP contribution in [0.15, 0.2) is 47.5 Å². The summed E-state index contributed by atoms with van der Waals surface area (Å²) in [6, 6.07) is 12.5. The standard InChI is InChI=1S/C21H24N6O/c1-4-27-19-10-17-15(9-18(19)26-21(27)28)20(24-12-23-17)22-11-14-7-5-6-8-16(14)25-13(2)3/h5-10,12-13,25H,4,11H2,1-3H3,(H,26,28)(H,22,23,24). The second-order valence-corrected chi connectivity index (χ2v) is 7.09. The van der Waals surface area contributed by atoms with Gasteiger partial charge < -0.3 is 15.6 Å². The molecule has 7 heteroatoms. The Balaban J connectivity index is 1.70. The molecule has 0 amide bonds. The van der Waals surface area contributed by atoms with Crippen LogP contribution in [0.25, 0.3) is 21.9 Å². The first kappa shape index (κ1) is 18.0. The first-order valence-corrected chi connectivity index (χ1v) is 9.52. The number of aromatic amines is 1. The number of para-hydroxylation sites is 1. The number of benzene rings is 2. The van der Waals surface area contributed by atoms with Gasteiger partial charge in [-0.25, -0.2) is 14.8 Å². The number of imidazole rings is 1. The normalized spacial score (nSPS) is 11.4. The highest BCUT2D eigenvalue weighted by Crippen LogP contribution is 2.25. The van der Waals surface area contributed by atoms with Crippen molar-refractivity contribution >= 4 is 33.4 Å². The van der Waals surface area contributed by atoms with E-state index < -0.39 is 0 Å². The van der Waals surface area contributed by atoms with E-state index in [-0.39, 0.29) is 5.69 Å². The third kappa shape index (κ3) is 3.31. The molecule has 4 rings (SSSR count). The van der Waals surface area contributed by atoms with Gasteiger partial charge in [0, 0.05) is 30.2 Å². The van der Waals surface area contributed by atoms with Gasteiger partial charge in [-0.05, 0) is 44.5 Å². The van der Waals surface area contributed by atoms with Crippen LogP contribution in [0.3, 0.4) is 0 Å². The van der Waals surface area contributed by atoms with Gasteiger partial charge in [-0.15, -0.1) is 0 Å². The lowest BCUT2D eigenvalue weighted by Gasteiger charge is -2.16. The zero-order chi connectivity index (χ0) is 19.7. The minimum absolute atomic E-state index is 0.107. The van der Waals surface area contributed by atoms with Crippen LogP contribution >= 0.6 is 0 Å². The number of rotatable bonds is 6. The van der Waals surface area contributed by atoms with Gasteiger partial charge in [0.1, 0.15) is 12.1 Å². The van der Waals surface area contributed by atoms with E-state index in [1.807, 2.05) is 31.2 Å². The summed E-state index contributed by atoms with van der Waals surface area (Å²) in [5.41, 5.74) is 4.61. The van der Waals surface area contributed by atoms with Crippen LogP contribution < -0.4 is 16.3 Å². The molecule has 0 aliphatic rings. The molecule has 0 bridgehead atoms. The topological polar surface area (TPSA) is 87.6 Å². The molecule has 0 radical (unpaired) electrons. The highest BCUT2D eigenvalue weighted by atomic mass is 16.1. The van der Waals surface area contributed by atoms with Crippen LogP contribution in [-0.4, -0.2) is 25.6 Å². The Morgan fingerprint density at radius 2 is 2.00 bits per heavy atom. The third-order valence-corrected chi connectivity index (χ3v) is 4.75. The molecule has 4 aromatic rings. The second-order valence-electron chi connectivity index (χ2n) is 7.09. The minimum atomic E-state index is -0.107. The molecule has 0 atom stereocenters. The van der Waals surface area contributed by atoms with E-state index in [0.29, 0.717) is 19.1 Å². The summed E-state index contributed by atoms with van der Waals surface area (Å²) in [7, 11) is 0. The number of nitrogens with zero attached hydrogens (tertiary/aromatic N) is 3. The Kier molecular flexibility index (Phi) is 4.73. The van der Waals surface area contributed by atoms with Crippen molar-refractivity contribution in [3.8, 4) is 0 Å². The van der Waals surface area contributed by atoms with Crippen LogP contribution in [0.1, 0.15) is 26.3 Å². The number of aromatic nitrogens is 4. The Labute approximate surface area is 162 Å². The van der Waals surface area contributed by atoms with Crippen molar-refractivity contribution in [3.63, 3.8) is 0 Å². The quantitative estimate of drug-likeness (QED) is 0.477. The number of anilines is 2. The maximum atomic E-state index is 12.1. The number of hydrogen-bond acceptors (Lipinski definition) is 5. The summed E-state index contributed by atoms with van der Waals surface area (Å²) in [5, 5.41) is 7.78. The van der Waals surface area contributed by atoms with Gasteiger partial charge in [0.05, 0.1) is 16.6 Å². The van der Waals surface area contributed by atoms with E-state index in [2.05, 4.69) is 51.6 Å². The van der Waals surface area contributed by atoms with Crippen molar-refractivity contribution in [3.05, 3.63) is 58.8 Å². The number of nitrogens with one attached hydrogen (secondary N) is 3. The van der Waals surface area contributed by atoms with Crippen LogP contribution in [-0.2, 0) is 13.1 Å². The molecule has 2 aromatic heterocycles. The molecule has 0 aliphatic carbocycles. The average molecular weight is 376 g/mol. The molecular formula is C21H24N6O. The van der Waals surface area contributed by atoms with E-state index >= 15 is 0 Å². The fraction of sp³-hybridized carbons (Fsp3) is 0.286. The molecule has 28 heavy (non-hydrogen) atoms. The van der Waals surface area contributed by atoms with Gasteiger partial charge in [-0.2, -0.15) is 0 Å². The molecule has 2 aromatic carbocycles. The zero-order valence-corrected chi connectivity index (χ0v) is 16.3. The molecule has 0 saturated heterocycles. The van der Waals surface area contributed by atoms with E-state index in [9.17, 15) is 4.79 Å². The van der Waals surface area contributed by atoms with E-state index in [0.717, 1.165) is 39.0 Å². The summed E-state index contributed by atoms with van der Waals surface area (Å²) in [6.07, 6.45) is 1.55. The van der Waals surface area contributed by atoms with Crippen molar-refractivity contribution < 1.29 is 0 Å². The zero-order valence-electron chi connectivity index (χ0n) is 16.3. The monoisotopic (exact) mass is 376 g/mol. The summed E-state index contributed by atoms with van der Waals surface area (Å²) in [5.74, 6) is 0.747. The summed E-state index contributed by atoms with van der Waals surface area (Å²) < 4.78 is 1.71. The molecule has 2 heterocycles. The number of H-pyrrole nitrogens is 1. The molecule has 0 fully saturated rings. The van der Waals surface area contributed by atoms with Crippen molar-refractivity contribution in [2.24, 2.45) is 0 Å². The Morgan fingerprint density at radius 3 is 2.79 bits per heavy atom. The lowest BCUT2D eigenvalue weighted by atomic mass is 10.1. The third-order valence-electron chi connectivity index (χ3n) is 4.75. The highest BCUT2D eigenvalue weighted by Gasteiger charge is 2.11. The van der Waals surface area contributed by atoms with Gasteiger partial charge >= 0.3 is 5.69 Å². The molecule has 0 unspecified atom stereocenters. The maximum Gasteiger partial charge on any atom is 0.326 e. The Morgan fingerprint density at radius 1 is 1.18 bits per heavy atom. The van der Waals surface area contributed by atoms with Crippen molar-refractivity contribution in [2.75, 3.05) is 10.6 Å². The van der Waals surface area contributed by atoms with Crippen LogP contribution in [0.4, 0.5) is 11.5 Å². The number of hydrogen-bond donors (Lipinski definition) is 3. The largest absolute Gasteiger partial charge is 0.383 e. The van der Waals surface area contributed by atoms with Gasteiger partial charge in [-0.3, -0.25) is 4.57 Å². The lowest BCUT2D eigenvalue weighted by Crippen LogP contribution is -2.14. The molecule has 144 valence electrons. The predicted molar refractivity (Wildman–Crippen MR) is 114 cm³/mol. The van der Waals surface area contributed by atoms with Gasteiger partial charge in [0.2, 0.25) is 0 Å². The SMILES string of the molecule is CCn1c(=O)[nH]c2cc3c(NCc4ccccc4NC(C)C)ncnc3cc21. The average Bonchev–Trinajstić information content (AvgIpc) is 2.99. The number of fused-ring (bicyclic) bond motifs is 2. The van der Waals surface area contributed by atoms with E-state index in [1.165, 1.54) is 0 Å². The molecular weight excluding hydrogens is 352 g/mol. The van der Waals surface area contributed by atoms with E-state index in [4.69, 9.17) is 0 Å². The maximum absolute atomic E-state index is 12.1. The predicted octanol–water partition coefficient (Wildman–Crippen LogP) is 3.73. The smallest absolute Gasteiger partial charge is 0.326 e. The van der Waals surface area contributed by atoms with Crippen LogP contribution in [0, 0.1) is 0 Å². The van der Waals surface area contributed by atoms with Crippen LogP contribution in [0.5, 0.6) is 0 Å². The summed E-state index contributed by atoms with van der Waals surface area (Å²) in [6.45, 7) is 7.44. The fourth-order valence-corrected chi connectivity index (χ4v) is 3.47. The minimum Gasteiger partial charge on any atom is -0.383 e. The van der Waals surface area contributed by atoms with E-state index in [1.54, 1.807) is 10.9 Å². The molecule has 0 aliphatic heterocycles. The molecule has 3 N–H and O–H groups in total. The first-order chi connectivity index (χ1) is 13.6. The highest BCUT2D eigenvalue weighted by molar-refractivity contribution is 5.98. The lowest BCUT2D eigenvalue weighted by molar-refractivity contribution is 0.753. The summed E-state index contributed by atoms with van der Waals surface area (Å²) in [4.78, 5) is 23.9. The Bertz CT molecular complexity index is 1190. The van der Waals surface area contributed by atoms with Crippen molar-refractivity contribution in [2.45, 2.75) is 39.9 Å².